The summed E-state index contributed by atoms with van der Waals surface area (Å²) >= 11 is 0. The van der Waals surface area contributed by atoms with Gasteiger partial charge in [-0.1, -0.05) is 49.3 Å². The minimum absolute atomic E-state index is 0.373. The first-order valence-corrected chi connectivity index (χ1v) is 9.83. The van der Waals surface area contributed by atoms with Crippen LogP contribution in [0.1, 0.15) is 49.6 Å². The summed E-state index contributed by atoms with van der Waals surface area (Å²) in [5.41, 5.74) is 2.35. The lowest BCUT2D eigenvalue weighted by Crippen LogP contribution is -2.50. The van der Waals surface area contributed by atoms with Crippen molar-refractivity contribution >= 4 is 5.96 Å². The largest absolute Gasteiger partial charge is 0.359 e. The van der Waals surface area contributed by atoms with Gasteiger partial charge in [0.15, 0.2) is 11.7 Å². The summed E-state index contributed by atoms with van der Waals surface area (Å²) in [7, 11) is 1.81. The maximum Gasteiger partial charge on any atom is 0.191 e. The van der Waals surface area contributed by atoms with Crippen LogP contribution in [0, 0.1) is 0 Å². The van der Waals surface area contributed by atoms with Gasteiger partial charge in [0.05, 0.1) is 12.2 Å². The average Bonchev–Trinajstić information content (AvgIpc) is 3.16. The molecular formula is C21H31N5O. The van der Waals surface area contributed by atoms with E-state index in [1.54, 1.807) is 7.05 Å². The van der Waals surface area contributed by atoms with Gasteiger partial charge in [0.2, 0.25) is 0 Å². The topological polar surface area (TPSA) is 65.7 Å². The first-order chi connectivity index (χ1) is 13.1. The Balaban J connectivity index is 1.48. The minimum Gasteiger partial charge on any atom is -0.359 e. The second-order valence-corrected chi connectivity index (χ2v) is 7.50. The van der Waals surface area contributed by atoms with Crippen LogP contribution in [-0.2, 0) is 13.1 Å². The van der Waals surface area contributed by atoms with Crippen molar-refractivity contribution in [2.45, 2.75) is 51.7 Å². The Kier molecular flexibility index (Phi) is 6.87. The van der Waals surface area contributed by atoms with Gasteiger partial charge in [-0.15, -0.1) is 0 Å². The fourth-order valence-corrected chi connectivity index (χ4v) is 3.40. The molecule has 3 rings (SSSR count). The lowest BCUT2D eigenvalue weighted by Gasteiger charge is -2.33. The molecule has 6 heteroatoms. The van der Waals surface area contributed by atoms with Crippen LogP contribution in [0.4, 0.5) is 0 Å². The summed E-state index contributed by atoms with van der Waals surface area (Å²) in [6.45, 7) is 7.98. The van der Waals surface area contributed by atoms with E-state index in [0.717, 1.165) is 43.5 Å². The Morgan fingerprint density at radius 2 is 2.15 bits per heavy atom. The molecule has 0 saturated carbocycles. The van der Waals surface area contributed by atoms with Gasteiger partial charge < -0.3 is 15.2 Å². The predicted octanol–water partition coefficient (Wildman–Crippen LogP) is 3.13. The molecule has 0 amide bonds. The van der Waals surface area contributed by atoms with Crippen molar-refractivity contribution in [3.63, 3.8) is 0 Å². The normalized spacial score (nSPS) is 18.7. The van der Waals surface area contributed by atoms with Crippen LogP contribution in [0.15, 0.2) is 45.9 Å². The van der Waals surface area contributed by atoms with Crippen molar-refractivity contribution < 1.29 is 4.52 Å². The number of aromatic nitrogens is 1. The fraction of sp³-hybridized carbons (Fsp3) is 0.524. The van der Waals surface area contributed by atoms with Crippen molar-refractivity contribution in [3.05, 3.63) is 53.4 Å². The Morgan fingerprint density at radius 3 is 2.85 bits per heavy atom. The molecule has 1 saturated heterocycles. The van der Waals surface area contributed by atoms with Crippen molar-refractivity contribution in [2.75, 3.05) is 20.1 Å². The zero-order valence-corrected chi connectivity index (χ0v) is 16.6. The van der Waals surface area contributed by atoms with Gasteiger partial charge in [0, 0.05) is 32.2 Å². The third-order valence-electron chi connectivity index (χ3n) is 4.92. The number of hydrogen-bond donors (Lipinski definition) is 2. The quantitative estimate of drug-likeness (QED) is 0.605. The zero-order valence-electron chi connectivity index (χ0n) is 16.6. The van der Waals surface area contributed by atoms with E-state index in [1.165, 1.54) is 12.0 Å². The summed E-state index contributed by atoms with van der Waals surface area (Å²) in [5.74, 6) is 2.01. The molecular weight excluding hydrogens is 338 g/mol. The highest BCUT2D eigenvalue weighted by Crippen LogP contribution is 2.15. The lowest BCUT2D eigenvalue weighted by molar-refractivity contribution is 0.192. The van der Waals surface area contributed by atoms with Gasteiger partial charge in [-0.25, -0.2) is 0 Å². The average molecular weight is 370 g/mol. The molecule has 146 valence electrons. The highest BCUT2D eigenvalue weighted by Gasteiger charge is 2.21. The fourth-order valence-electron chi connectivity index (χ4n) is 3.40. The van der Waals surface area contributed by atoms with Gasteiger partial charge in [-0.05, 0) is 30.9 Å². The van der Waals surface area contributed by atoms with Gasteiger partial charge in [-0.3, -0.25) is 9.89 Å². The predicted molar refractivity (Wildman–Crippen MR) is 109 cm³/mol. The number of benzene rings is 1. The van der Waals surface area contributed by atoms with Crippen LogP contribution < -0.4 is 10.6 Å². The van der Waals surface area contributed by atoms with Crippen LogP contribution in [0.2, 0.25) is 0 Å². The highest BCUT2D eigenvalue weighted by molar-refractivity contribution is 5.79. The Hall–Kier alpha value is -2.34. The van der Waals surface area contributed by atoms with Crippen molar-refractivity contribution in [1.82, 2.24) is 20.7 Å². The highest BCUT2D eigenvalue weighted by atomic mass is 16.5. The van der Waals surface area contributed by atoms with Crippen molar-refractivity contribution in [1.29, 1.82) is 0 Å². The molecule has 1 aliphatic heterocycles. The number of rotatable bonds is 6. The molecule has 1 atom stereocenters. The minimum atomic E-state index is 0.373. The molecule has 1 fully saturated rings. The maximum atomic E-state index is 5.39. The van der Waals surface area contributed by atoms with E-state index >= 15 is 0 Å². The summed E-state index contributed by atoms with van der Waals surface area (Å²) in [4.78, 5) is 6.87. The van der Waals surface area contributed by atoms with Crippen LogP contribution in [-0.4, -0.2) is 42.2 Å². The zero-order chi connectivity index (χ0) is 19.1. The van der Waals surface area contributed by atoms with E-state index in [0.29, 0.717) is 18.5 Å². The molecule has 0 aliphatic carbocycles. The number of guanidine groups is 1. The van der Waals surface area contributed by atoms with Crippen molar-refractivity contribution in [3.8, 4) is 0 Å². The van der Waals surface area contributed by atoms with E-state index in [2.05, 4.69) is 69.9 Å². The molecule has 1 aliphatic rings. The summed E-state index contributed by atoms with van der Waals surface area (Å²) in [6.07, 6.45) is 2.35. The van der Waals surface area contributed by atoms with E-state index in [1.807, 2.05) is 6.07 Å². The second-order valence-electron chi connectivity index (χ2n) is 7.50. The molecule has 1 aromatic carbocycles. The molecule has 0 radical (unpaired) electrons. The molecule has 2 aromatic rings. The maximum absolute atomic E-state index is 5.39. The molecule has 1 aromatic heterocycles. The number of hydrogen-bond acceptors (Lipinski definition) is 4. The Bertz CT molecular complexity index is 725. The third kappa shape index (κ3) is 5.82. The van der Waals surface area contributed by atoms with Gasteiger partial charge in [-0.2, -0.15) is 0 Å². The summed E-state index contributed by atoms with van der Waals surface area (Å²) in [5, 5.41) is 11.0. The molecule has 27 heavy (non-hydrogen) atoms. The smallest absolute Gasteiger partial charge is 0.191 e. The Morgan fingerprint density at radius 1 is 1.33 bits per heavy atom. The van der Waals surface area contributed by atoms with Crippen molar-refractivity contribution in [2.24, 2.45) is 4.99 Å². The molecule has 6 nitrogen and oxygen atoms in total. The number of nitrogens with one attached hydrogen (secondary N) is 2. The first kappa shape index (κ1) is 19.4. The SMILES string of the molecule is CN=C(NCc1cc(C(C)C)no1)NC1CCCN(Cc2ccccc2)C1. The third-order valence-corrected chi connectivity index (χ3v) is 4.92. The van der Waals surface area contributed by atoms with E-state index in [-0.39, 0.29) is 0 Å². The molecule has 0 spiro atoms. The van der Waals surface area contributed by atoms with Crippen LogP contribution >= 0.6 is 0 Å². The van der Waals surface area contributed by atoms with Gasteiger partial charge in [0.1, 0.15) is 0 Å². The van der Waals surface area contributed by atoms with Gasteiger partial charge in [0.25, 0.3) is 0 Å². The molecule has 1 unspecified atom stereocenters. The molecule has 0 bridgehead atoms. The van der Waals surface area contributed by atoms with Crippen LogP contribution in [0.3, 0.4) is 0 Å². The van der Waals surface area contributed by atoms with E-state index in [9.17, 15) is 0 Å². The lowest BCUT2D eigenvalue weighted by atomic mass is 10.0. The number of nitrogens with zero attached hydrogens (tertiary/aromatic N) is 3. The molecule has 2 heterocycles. The standard InChI is InChI=1S/C21H31N5O/c1-16(2)20-12-19(27-25-20)13-23-21(22-3)24-18-10-7-11-26(15-18)14-17-8-5-4-6-9-17/h4-6,8-9,12,16,18H,7,10-11,13-15H2,1-3H3,(H2,22,23,24). The van der Waals surface area contributed by atoms with E-state index < -0.39 is 0 Å². The number of aliphatic imine (C=N–C) groups is 1. The van der Waals surface area contributed by atoms with Crippen LogP contribution in [0.5, 0.6) is 0 Å². The number of piperidine rings is 1. The monoisotopic (exact) mass is 369 g/mol. The number of likely N-dealkylation sites (tertiary alicyclic amines) is 1. The van der Waals surface area contributed by atoms with Crippen LogP contribution in [0.25, 0.3) is 0 Å². The second kappa shape index (κ2) is 9.55. The van der Waals surface area contributed by atoms with Gasteiger partial charge >= 0.3 is 0 Å². The Labute approximate surface area is 162 Å². The summed E-state index contributed by atoms with van der Waals surface area (Å²) < 4.78 is 5.39. The first-order valence-electron chi connectivity index (χ1n) is 9.83. The molecule has 2 N–H and O–H groups in total. The summed E-state index contributed by atoms with van der Waals surface area (Å²) in [6, 6.07) is 13.1. The van der Waals surface area contributed by atoms with E-state index in [4.69, 9.17) is 4.52 Å².